The van der Waals surface area contributed by atoms with Crippen LogP contribution in [0.1, 0.15) is 220 Å². The first kappa shape index (κ1) is 105. The monoisotopic (exact) mass is 1540 g/mol. The van der Waals surface area contributed by atoms with Gasteiger partial charge in [0.1, 0.15) is 112 Å². The van der Waals surface area contributed by atoms with Crippen LogP contribution in [0.3, 0.4) is 0 Å². The standard InChI is InChI=1S/C57H96O30.C6H14.5K/c1-33(2)39(8,68)40(9,69)50(19,35(4,79-33)29(60)61)84-55(24)46(15,75)42(11,71)52(21,37(6,81-55)31(64)65)86-57(26)48(17,77)44(13,73)53(22,38(7,83-57)32(66)67)87-56(25)47(16,76)43(12,72)51(20,36(5,82-56)30(62)63)85-54(23)45(14,74)41(10,70)49(18,78-27)34(3,80-54)28(58)59;1-3-5-6-4-2;;;;;/h68-77H,1-27H3,(H,58,59)(H,60,61)(H,62,63)(H,64,65)(H,66,67);3-6H2,1-2H3;;;;;/q;;5*+1/p-5/t34?,35?,36?,37-,38?,39?,40-,41-,42?,43?,44?,45?,46?,47?,48+,49+,50+,51+,52+,53+,54-,55-,56-,57-;;;;;;/m0....../s1. The molecular weight excluding hydrogens is 1430 g/mol. The fourth-order valence-electron chi connectivity index (χ4n) is 15.0. The number of methoxy groups -OCH3 is 1. The van der Waals surface area contributed by atoms with Crippen LogP contribution >= 0.6 is 0 Å². The summed E-state index contributed by atoms with van der Waals surface area (Å²) < 4.78 is 61.5. The normalized spacial score (nSPS) is 52.6. The number of aliphatic carboxylic acids is 5. The molecule has 5 aliphatic rings. The van der Waals surface area contributed by atoms with Crippen LogP contribution < -0.4 is 282 Å². The van der Waals surface area contributed by atoms with Gasteiger partial charge < -0.3 is 148 Å². The first-order valence-corrected chi connectivity index (χ1v) is 30.7. The fourth-order valence-corrected chi connectivity index (χ4v) is 15.0. The Kier molecular flexibility index (Phi) is 32.7. The molecule has 5 saturated heterocycles. The maximum atomic E-state index is 14.1. The number of aliphatic hydroxyl groups is 10. The summed E-state index contributed by atoms with van der Waals surface area (Å²) in [6.07, 6.45) is 5.54. The van der Waals surface area contributed by atoms with Gasteiger partial charge in [0.2, 0.25) is 0 Å². The minimum absolute atomic E-state index is 0. The largest absolute Gasteiger partial charge is 1.00 e. The van der Waals surface area contributed by atoms with E-state index in [1.807, 2.05) is 0 Å². The second-order valence-electron chi connectivity index (χ2n) is 30.6. The summed E-state index contributed by atoms with van der Waals surface area (Å²) in [7, 11) is 0.968. The SMILES string of the molecule is CCCCCC.CO[C@]1(C)C(C)(C(=O)[O-])O[C@@](C)(O[C@]2(C)C(C)(C(=O)[O-])O[C@@](C)(O[C@]3(C)C(C)(C(=O)[O-])O[C@@](C)(O[C@@]4(C)C(C)(O)C(C)(O)[C@](C)(O[C@]5(C)C(C)(C(=O)[O-])OC(C)(C)C(C)(O)[C@]5(C)O)O[C@@]4(C)C(=O)[O-])[C@](C)(O)C3(C)O)C(C)(O)C2(C)O)C(C)(O)[C@]1(C)O.[K+].[K+].[K+].[K+].[K+]. The van der Waals surface area contributed by atoms with Crippen molar-refractivity contribution in [1.82, 2.24) is 0 Å². The van der Waals surface area contributed by atoms with E-state index in [4.69, 9.17) is 47.4 Å². The molecule has 0 aliphatic carbocycles. The molecule has 10 N–H and O–H groups in total. The number of rotatable bonds is 17. The van der Waals surface area contributed by atoms with E-state index >= 15 is 0 Å². The van der Waals surface area contributed by atoms with Gasteiger partial charge in [-0.05, 0) is 180 Å². The fraction of sp³-hybridized carbons (Fsp3) is 0.921. The summed E-state index contributed by atoms with van der Waals surface area (Å²) in [5.74, 6) is -24.3. The molecular formula is C63H105K5O30. The van der Waals surface area contributed by atoms with E-state index in [1.54, 1.807) is 0 Å². The van der Waals surface area contributed by atoms with E-state index in [9.17, 15) is 101 Å². The summed E-state index contributed by atoms with van der Waals surface area (Å²) in [6.45, 7) is 25.9. The van der Waals surface area contributed by atoms with Crippen molar-refractivity contribution in [1.29, 1.82) is 0 Å². The van der Waals surface area contributed by atoms with Crippen LogP contribution in [0.4, 0.5) is 0 Å². The summed E-state index contributed by atoms with van der Waals surface area (Å²) in [6, 6.07) is 0. The molecule has 5 rings (SSSR count). The van der Waals surface area contributed by atoms with Crippen molar-refractivity contribution >= 4 is 29.8 Å². The van der Waals surface area contributed by atoms with Gasteiger partial charge in [-0.15, -0.1) is 0 Å². The third-order valence-electron chi connectivity index (χ3n) is 25.6. The summed E-state index contributed by atoms with van der Waals surface area (Å²) >= 11 is 0. The van der Waals surface area contributed by atoms with Gasteiger partial charge in [0.25, 0.3) is 0 Å². The quantitative estimate of drug-likeness (QED) is 0.0477. The molecule has 0 aromatic heterocycles. The molecule has 5 fully saturated rings. The van der Waals surface area contributed by atoms with Crippen LogP contribution in [0.5, 0.6) is 0 Å². The Morgan fingerprint density at radius 3 is 0.592 bits per heavy atom. The van der Waals surface area contributed by atoms with E-state index in [1.165, 1.54) is 39.5 Å². The Morgan fingerprint density at radius 2 is 0.429 bits per heavy atom. The third kappa shape index (κ3) is 13.3. The number of carbonyl (C=O) groups excluding carboxylic acids is 5. The van der Waals surface area contributed by atoms with Gasteiger partial charge in [0.15, 0.2) is 23.1 Å². The van der Waals surface area contributed by atoms with Crippen molar-refractivity contribution in [2.24, 2.45) is 0 Å². The van der Waals surface area contributed by atoms with Crippen molar-refractivity contribution in [2.75, 3.05) is 7.11 Å². The van der Waals surface area contributed by atoms with Gasteiger partial charge in [-0.3, -0.25) is 0 Å². The van der Waals surface area contributed by atoms with Gasteiger partial charge in [-0.1, -0.05) is 39.5 Å². The zero-order valence-corrected chi connectivity index (χ0v) is 80.1. The zero-order chi connectivity index (χ0) is 74.3. The molecule has 0 radical (unpaired) electrons. The van der Waals surface area contributed by atoms with Crippen LogP contribution in [-0.2, 0) is 71.3 Å². The molecule has 11 unspecified atom stereocenters. The molecule has 30 nitrogen and oxygen atoms in total. The molecule has 0 aromatic carbocycles. The van der Waals surface area contributed by atoms with Crippen LogP contribution in [-0.4, -0.2) is 229 Å². The van der Waals surface area contributed by atoms with Crippen molar-refractivity contribution in [2.45, 2.75) is 360 Å². The first-order valence-electron chi connectivity index (χ1n) is 30.7. The van der Waals surface area contributed by atoms with E-state index < -0.39 is 171 Å². The third-order valence-corrected chi connectivity index (χ3v) is 25.6. The molecule has 0 spiro atoms. The van der Waals surface area contributed by atoms with E-state index in [0.717, 1.165) is 125 Å². The Balaban J connectivity index is 0. The first-order chi connectivity index (χ1) is 40.6. The average molecular weight is 1540 g/mol. The summed E-state index contributed by atoms with van der Waals surface area (Å²) in [5.41, 5.74) is -64.6. The average Bonchev–Trinajstić information content (AvgIpc) is 0.664. The molecule has 98 heavy (non-hydrogen) atoms. The Labute approximate surface area is 788 Å². The predicted molar refractivity (Wildman–Crippen MR) is 310 cm³/mol. The van der Waals surface area contributed by atoms with Crippen molar-refractivity contribution < 1.29 is 405 Å². The Hall–Kier alpha value is 4.73. The Bertz CT molecular complexity index is 2990. The minimum atomic E-state index is -3.50. The van der Waals surface area contributed by atoms with Crippen LogP contribution in [0.15, 0.2) is 0 Å². The Morgan fingerprint density at radius 1 is 0.276 bits per heavy atom. The van der Waals surface area contributed by atoms with Crippen LogP contribution in [0.25, 0.3) is 0 Å². The van der Waals surface area contributed by atoms with E-state index in [0.29, 0.717) is 48.5 Å². The molecule has 542 valence electrons. The van der Waals surface area contributed by atoms with Crippen LogP contribution in [0, 0.1) is 0 Å². The molecule has 5 aliphatic heterocycles. The molecule has 0 bridgehead atoms. The minimum Gasteiger partial charge on any atom is -0.547 e. The number of carboxylic acid groups (broad SMARTS) is 5. The molecule has 5 heterocycles. The van der Waals surface area contributed by atoms with Crippen molar-refractivity contribution in [3.63, 3.8) is 0 Å². The number of ether oxygens (including phenoxy) is 10. The van der Waals surface area contributed by atoms with Gasteiger partial charge in [0, 0.05) is 7.11 Å². The molecule has 35 heteroatoms. The number of carbonyl (C=O) groups is 5. The molecule has 24 atom stereocenters. The molecule has 0 saturated carbocycles. The van der Waals surface area contributed by atoms with E-state index in [-0.39, 0.29) is 257 Å². The second kappa shape index (κ2) is 30.6. The number of hydrogen-bond donors (Lipinski definition) is 10. The second-order valence-corrected chi connectivity index (χ2v) is 30.6. The van der Waals surface area contributed by atoms with Gasteiger partial charge in [-0.2, -0.15) is 0 Å². The van der Waals surface area contributed by atoms with Gasteiger partial charge in [-0.25, -0.2) is 0 Å². The van der Waals surface area contributed by atoms with E-state index in [2.05, 4.69) is 13.8 Å². The summed E-state index contributed by atoms with van der Waals surface area (Å²) in [5, 5.41) is 195. The number of hydrogen-bond acceptors (Lipinski definition) is 30. The molecule has 0 aromatic rings. The molecule has 0 amide bonds. The maximum absolute atomic E-state index is 14.1. The topological polar surface area (TPSA) is 495 Å². The maximum Gasteiger partial charge on any atom is 1.00 e. The van der Waals surface area contributed by atoms with Crippen molar-refractivity contribution in [3.05, 3.63) is 0 Å². The van der Waals surface area contributed by atoms with Gasteiger partial charge >= 0.3 is 257 Å². The van der Waals surface area contributed by atoms with Crippen LogP contribution in [0.2, 0.25) is 0 Å². The number of carboxylic acids is 5. The van der Waals surface area contributed by atoms with Gasteiger partial charge in [0.05, 0.1) is 35.4 Å². The predicted octanol–water partition coefficient (Wildman–Crippen LogP) is -19.1. The zero-order valence-electron chi connectivity index (χ0n) is 64.5. The smallest absolute Gasteiger partial charge is 0.547 e. The van der Waals surface area contributed by atoms with Crippen molar-refractivity contribution in [3.8, 4) is 0 Å². The summed E-state index contributed by atoms with van der Waals surface area (Å²) in [4.78, 5) is 68.2. The number of unbranched alkanes of at least 4 members (excludes halogenated alkanes) is 3.